The molecule has 1 fully saturated rings. The van der Waals surface area contributed by atoms with Crippen LogP contribution in [0.25, 0.3) is 11.8 Å². The highest BCUT2D eigenvalue weighted by Gasteiger charge is 2.34. The molecular weight excluding hydrogens is 394 g/mol. The number of hydrogen-bond acceptors (Lipinski definition) is 3. The van der Waals surface area contributed by atoms with E-state index < -0.39 is 11.8 Å². The standard InChI is InChI=1S/C24H21N3O2S/c1-3-17-10-12-18(13-11-17)27-23(29)20(22(28)25-24(27)30)15-19-8-6-14-26(19)21-9-5-4-7-16(21)2/h4-15H,3H2,1-2H3,(H,25,28,30). The quantitative estimate of drug-likeness (QED) is 0.395. The molecule has 0 unspecified atom stereocenters. The number of aromatic nitrogens is 1. The Balaban J connectivity index is 1.74. The van der Waals surface area contributed by atoms with E-state index in [0.29, 0.717) is 5.69 Å². The zero-order chi connectivity index (χ0) is 21.3. The van der Waals surface area contributed by atoms with Crippen molar-refractivity contribution in [1.82, 2.24) is 9.88 Å². The maximum absolute atomic E-state index is 13.2. The van der Waals surface area contributed by atoms with Gasteiger partial charge < -0.3 is 4.57 Å². The van der Waals surface area contributed by atoms with Gasteiger partial charge in [-0.15, -0.1) is 0 Å². The average molecular weight is 416 g/mol. The molecule has 0 aliphatic carbocycles. The monoisotopic (exact) mass is 415 g/mol. The summed E-state index contributed by atoms with van der Waals surface area (Å²) in [6.07, 6.45) is 4.42. The first-order valence-corrected chi connectivity index (χ1v) is 10.1. The smallest absolute Gasteiger partial charge is 0.270 e. The van der Waals surface area contributed by atoms with Gasteiger partial charge in [-0.2, -0.15) is 0 Å². The molecule has 2 aromatic carbocycles. The summed E-state index contributed by atoms with van der Waals surface area (Å²) in [5.41, 5.74) is 4.63. The fourth-order valence-corrected chi connectivity index (χ4v) is 3.77. The minimum absolute atomic E-state index is 0.0386. The highest BCUT2D eigenvalue weighted by atomic mass is 32.1. The molecule has 5 nitrogen and oxygen atoms in total. The van der Waals surface area contributed by atoms with E-state index in [9.17, 15) is 9.59 Å². The van der Waals surface area contributed by atoms with Gasteiger partial charge in [0.2, 0.25) is 0 Å². The second-order valence-corrected chi connectivity index (χ2v) is 7.45. The molecule has 0 atom stereocenters. The van der Waals surface area contributed by atoms with Gasteiger partial charge in [0.05, 0.1) is 5.69 Å². The van der Waals surface area contributed by atoms with Crippen LogP contribution in [0, 0.1) is 6.92 Å². The summed E-state index contributed by atoms with van der Waals surface area (Å²) in [5.74, 6) is -0.936. The summed E-state index contributed by atoms with van der Waals surface area (Å²) >= 11 is 5.29. The van der Waals surface area contributed by atoms with Crippen LogP contribution in [0.15, 0.2) is 72.4 Å². The van der Waals surface area contributed by atoms with Crippen LogP contribution in [0.2, 0.25) is 0 Å². The van der Waals surface area contributed by atoms with Gasteiger partial charge in [0.25, 0.3) is 11.8 Å². The van der Waals surface area contributed by atoms with Gasteiger partial charge in [0.1, 0.15) is 5.57 Å². The molecule has 0 spiro atoms. The minimum Gasteiger partial charge on any atom is -0.317 e. The lowest BCUT2D eigenvalue weighted by atomic mass is 10.1. The fourth-order valence-electron chi connectivity index (χ4n) is 3.49. The third kappa shape index (κ3) is 3.57. The number of nitrogens with one attached hydrogen (secondary N) is 1. The highest BCUT2D eigenvalue weighted by molar-refractivity contribution is 7.80. The number of nitrogens with zero attached hydrogens (tertiary/aromatic N) is 2. The van der Waals surface area contributed by atoms with Crippen molar-refractivity contribution in [2.45, 2.75) is 20.3 Å². The highest BCUT2D eigenvalue weighted by Crippen LogP contribution is 2.24. The lowest BCUT2D eigenvalue weighted by Gasteiger charge is -2.29. The molecule has 0 bridgehead atoms. The van der Waals surface area contributed by atoms with Gasteiger partial charge in [-0.3, -0.25) is 19.8 Å². The van der Waals surface area contributed by atoms with Crippen molar-refractivity contribution in [2.24, 2.45) is 0 Å². The largest absolute Gasteiger partial charge is 0.317 e. The Hall–Kier alpha value is -3.51. The normalized spacial score (nSPS) is 15.6. The summed E-state index contributed by atoms with van der Waals surface area (Å²) in [5, 5.41) is 2.72. The van der Waals surface area contributed by atoms with E-state index in [-0.39, 0.29) is 10.7 Å². The van der Waals surface area contributed by atoms with Gasteiger partial charge in [-0.1, -0.05) is 37.3 Å². The molecule has 0 saturated carbocycles. The lowest BCUT2D eigenvalue weighted by molar-refractivity contribution is -0.122. The van der Waals surface area contributed by atoms with Crippen LogP contribution < -0.4 is 10.2 Å². The van der Waals surface area contributed by atoms with E-state index in [1.165, 1.54) is 4.90 Å². The second kappa shape index (κ2) is 8.08. The Kier molecular flexibility index (Phi) is 5.33. The molecule has 30 heavy (non-hydrogen) atoms. The maximum atomic E-state index is 13.2. The van der Waals surface area contributed by atoms with Crippen LogP contribution in [0.1, 0.15) is 23.7 Å². The van der Waals surface area contributed by atoms with E-state index in [4.69, 9.17) is 12.2 Å². The molecule has 0 radical (unpaired) electrons. The zero-order valence-electron chi connectivity index (χ0n) is 16.8. The second-order valence-electron chi connectivity index (χ2n) is 7.07. The Labute approximate surface area is 180 Å². The van der Waals surface area contributed by atoms with Crippen molar-refractivity contribution in [3.63, 3.8) is 0 Å². The molecule has 4 rings (SSSR count). The minimum atomic E-state index is -0.496. The molecule has 1 aliphatic rings. The van der Waals surface area contributed by atoms with Crippen molar-refractivity contribution in [3.05, 3.63) is 89.3 Å². The molecule has 2 amide bonds. The van der Waals surface area contributed by atoms with Gasteiger partial charge >= 0.3 is 0 Å². The molecule has 1 N–H and O–H groups in total. The van der Waals surface area contributed by atoms with Gasteiger partial charge in [-0.05, 0) is 73.1 Å². The summed E-state index contributed by atoms with van der Waals surface area (Å²) in [6.45, 7) is 4.08. The van der Waals surface area contributed by atoms with Crippen molar-refractivity contribution < 1.29 is 9.59 Å². The predicted molar refractivity (Wildman–Crippen MR) is 123 cm³/mol. The number of benzene rings is 2. The summed E-state index contributed by atoms with van der Waals surface area (Å²) in [4.78, 5) is 27.2. The first-order valence-electron chi connectivity index (χ1n) is 9.73. The van der Waals surface area contributed by atoms with E-state index in [1.54, 1.807) is 6.08 Å². The van der Waals surface area contributed by atoms with E-state index in [2.05, 4.69) is 12.2 Å². The summed E-state index contributed by atoms with van der Waals surface area (Å²) in [7, 11) is 0. The van der Waals surface area contributed by atoms with Crippen molar-refractivity contribution in [3.8, 4) is 5.69 Å². The lowest BCUT2D eigenvalue weighted by Crippen LogP contribution is -2.54. The zero-order valence-corrected chi connectivity index (χ0v) is 17.6. The average Bonchev–Trinajstić information content (AvgIpc) is 3.20. The number of hydrogen-bond donors (Lipinski definition) is 1. The van der Waals surface area contributed by atoms with Gasteiger partial charge in [-0.25, -0.2) is 0 Å². The number of para-hydroxylation sites is 1. The Bertz CT molecular complexity index is 1180. The number of anilines is 1. The Morgan fingerprint density at radius 3 is 2.43 bits per heavy atom. The van der Waals surface area contributed by atoms with Crippen molar-refractivity contribution >= 4 is 40.9 Å². The fraction of sp³-hybridized carbons (Fsp3) is 0.125. The molecular formula is C24H21N3O2S. The number of thiocarbonyl (C=S) groups is 1. The number of rotatable bonds is 4. The molecule has 2 heterocycles. The Morgan fingerprint density at radius 1 is 1.00 bits per heavy atom. The molecule has 3 aromatic rings. The first-order chi connectivity index (χ1) is 14.5. The Morgan fingerprint density at radius 2 is 1.73 bits per heavy atom. The number of carbonyl (C=O) groups excluding carboxylic acids is 2. The van der Waals surface area contributed by atoms with Gasteiger partial charge in [0.15, 0.2) is 5.11 Å². The SMILES string of the molecule is CCc1ccc(N2C(=O)C(=Cc3cccn3-c3ccccc3C)C(=O)NC2=S)cc1. The molecule has 150 valence electrons. The molecule has 1 aromatic heterocycles. The van der Waals surface area contributed by atoms with Gasteiger partial charge in [0, 0.05) is 17.6 Å². The first kappa shape index (κ1) is 19.8. The van der Waals surface area contributed by atoms with E-state index >= 15 is 0 Å². The van der Waals surface area contributed by atoms with Crippen molar-refractivity contribution in [1.29, 1.82) is 0 Å². The van der Waals surface area contributed by atoms with E-state index in [1.807, 2.05) is 78.4 Å². The van der Waals surface area contributed by atoms with Crippen molar-refractivity contribution in [2.75, 3.05) is 4.90 Å². The van der Waals surface area contributed by atoms with Crippen LogP contribution in [0.5, 0.6) is 0 Å². The van der Waals surface area contributed by atoms with Crippen LogP contribution in [-0.2, 0) is 16.0 Å². The number of carbonyl (C=O) groups is 2. The van der Waals surface area contributed by atoms with Crippen LogP contribution in [0.3, 0.4) is 0 Å². The molecule has 6 heteroatoms. The molecule has 1 saturated heterocycles. The number of amides is 2. The topological polar surface area (TPSA) is 54.3 Å². The van der Waals surface area contributed by atoms with E-state index in [0.717, 1.165) is 28.9 Å². The number of aryl methyl sites for hydroxylation is 2. The predicted octanol–water partition coefficient (Wildman–Crippen LogP) is 4.18. The summed E-state index contributed by atoms with van der Waals surface area (Å²) in [6, 6.07) is 19.3. The third-order valence-electron chi connectivity index (χ3n) is 5.15. The summed E-state index contributed by atoms with van der Waals surface area (Å²) < 4.78 is 1.95. The molecule has 1 aliphatic heterocycles. The maximum Gasteiger partial charge on any atom is 0.270 e. The third-order valence-corrected chi connectivity index (χ3v) is 5.44. The van der Waals surface area contributed by atoms with Crippen LogP contribution >= 0.6 is 12.2 Å². The van der Waals surface area contributed by atoms with Crippen LogP contribution in [0.4, 0.5) is 5.69 Å². The van der Waals surface area contributed by atoms with Crippen LogP contribution in [-0.4, -0.2) is 21.5 Å².